The second-order valence-corrected chi connectivity index (χ2v) is 7.99. The van der Waals surface area contributed by atoms with Crippen molar-refractivity contribution >= 4 is 11.8 Å². The number of carbonyl (C=O) groups excluding carboxylic acids is 2. The zero-order chi connectivity index (χ0) is 23.0. The molecule has 8 nitrogen and oxygen atoms in total. The van der Waals surface area contributed by atoms with Crippen molar-refractivity contribution in [1.29, 1.82) is 0 Å². The molecule has 0 radical (unpaired) electrons. The fourth-order valence-electron chi connectivity index (χ4n) is 3.80. The molecule has 1 atom stereocenters. The van der Waals surface area contributed by atoms with Crippen LogP contribution in [0.2, 0.25) is 0 Å². The Bertz CT molecular complexity index is 1080. The maximum Gasteiger partial charge on any atom is 0.237 e. The number of piperazine rings is 1. The van der Waals surface area contributed by atoms with Crippen LogP contribution in [0, 0.1) is 0 Å². The summed E-state index contributed by atoms with van der Waals surface area (Å²) in [5.41, 5.74) is 1.77. The topological polar surface area (TPSA) is 87.7 Å². The van der Waals surface area contributed by atoms with Gasteiger partial charge in [-0.1, -0.05) is 30.3 Å². The van der Waals surface area contributed by atoms with Crippen molar-refractivity contribution in [3.05, 3.63) is 84.4 Å². The lowest BCUT2D eigenvalue weighted by Crippen LogP contribution is -2.56. The Hall–Kier alpha value is -3.78. The number of hydrogen-bond donors (Lipinski definition) is 1. The van der Waals surface area contributed by atoms with E-state index in [-0.39, 0.29) is 18.2 Å². The molecule has 0 spiro atoms. The average molecular weight is 446 g/mol. The van der Waals surface area contributed by atoms with Gasteiger partial charge in [0, 0.05) is 32.9 Å². The Balaban J connectivity index is 1.41. The number of hydrogen-bond acceptors (Lipinski definition) is 6. The number of amides is 2. The fourth-order valence-corrected chi connectivity index (χ4v) is 3.80. The molecule has 0 aliphatic carbocycles. The number of rotatable bonds is 8. The summed E-state index contributed by atoms with van der Waals surface area (Å²) in [6, 6.07) is 18.7. The first-order valence-corrected chi connectivity index (χ1v) is 10.9. The molecule has 2 aromatic carbocycles. The van der Waals surface area contributed by atoms with Crippen LogP contribution < -0.4 is 10.1 Å². The molecule has 0 unspecified atom stereocenters. The summed E-state index contributed by atoms with van der Waals surface area (Å²) in [6.07, 6.45) is 3.21. The van der Waals surface area contributed by atoms with E-state index < -0.39 is 6.04 Å². The van der Waals surface area contributed by atoms with Gasteiger partial charge in [0.1, 0.15) is 17.8 Å². The van der Waals surface area contributed by atoms with E-state index in [1.54, 1.807) is 24.2 Å². The Morgan fingerprint density at radius 2 is 1.97 bits per heavy atom. The van der Waals surface area contributed by atoms with E-state index in [4.69, 9.17) is 4.74 Å². The van der Waals surface area contributed by atoms with Gasteiger partial charge in [0.2, 0.25) is 11.8 Å². The Morgan fingerprint density at radius 1 is 1.15 bits per heavy atom. The highest BCUT2D eigenvalue weighted by atomic mass is 16.5. The number of nitrogens with zero attached hydrogens (tertiary/aromatic N) is 4. The van der Waals surface area contributed by atoms with Crippen molar-refractivity contribution in [3.8, 4) is 11.5 Å². The van der Waals surface area contributed by atoms with Crippen LogP contribution in [0.3, 0.4) is 0 Å². The van der Waals surface area contributed by atoms with Gasteiger partial charge >= 0.3 is 0 Å². The minimum Gasteiger partial charge on any atom is -0.457 e. The van der Waals surface area contributed by atoms with Crippen LogP contribution in [0.15, 0.2) is 73.2 Å². The second kappa shape index (κ2) is 10.7. The molecule has 0 bridgehead atoms. The highest BCUT2D eigenvalue weighted by Crippen LogP contribution is 2.23. The van der Waals surface area contributed by atoms with Gasteiger partial charge in [0.15, 0.2) is 0 Å². The maximum atomic E-state index is 12.9. The molecule has 4 rings (SSSR count). The average Bonchev–Trinajstić information content (AvgIpc) is 2.83. The first-order valence-electron chi connectivity index (χ1n) is 10.9. The van der Waals surface area contributed by atoms with Crippen LogP contribution >= 0.6 is 0 Å². The molecule has 3 aromatic rings. The highest BCUT2D eigenvalue weighted by molar-refractivity contribution is 5.88. The minimum absolute atomic E-state index is 0.105. The molecule has 33 heavy (non-hydrogen) atoms. The third-order valence-electron chi connectivity index (χ3n) is 5.54. The normalized spacial score (nSPS) is 16.2. The number of para-hydroxylation sites is 1. The van der Waals surface area contributed by atoms with Gasteiger partial charge in [-0.15, -0.1) is 0 Å². The van der Waals surface area contributed by atoms with Gasteiger partial charge in [-0.05, 0) is 35.9 Å². The van der Waals surface area contributed by atoms with E-state index in [0.717, 1.165) is 22.8 Å². The standard InChI is InChI=1S/C25H27N5O3/c1-29(17-20-10-11-26-18-28-20)24(31)15-23-25(32)27-12-13-30(23)16-19-6-5-9-22(14-19)33-21-7-3-2-4-8-21/h2-11,14,18,23H,12-13,15-17H2,1H3,(H,27,32)/t23-/m0/s1. The summed E-state index contributed by atoms with van der Waals surface area (Å²) >= 11 is 0. The van der Waals surface area contributed by atoms with Crippen LogP contribution in [0.5, 0.6) is 11.5 Å². The van der Waals surface area contributed by atoms with Crippen LogP contribution in [-0.2, 0) is 22.7 Å². The lowest BCUT2D eigenvalue weighted by atomic mass is 10.1. The smallest absolute Gasteiger partial charge is 0.237 e. The van der Waals surface area contributed by atoms with E-state index in [9.17, 15) is 9.59 Å². The summed E-state index contributed by atoms with van der Waals surface area (Å²) in [5.74, 6) is 1.27. The van der Waals surface area contributed by atoms with Gasteiger partial charge in [-0.2, -0.15) is 0 Å². The quantitative estimate of drug-likeness (QED) is 0.574. The monoisotopic (exact) mass is 445 g/mol. The summed E-state index contributed by atoms with van der Waals surface area (Å²) in [6.45, 7) is 2.14. The molecule has 8 heteroatoms. The van der Waals surface area contributed by atoms with Gasteiger partial charge < -0.3 is 15.0 Å². The third-order valence-corrected chi connectivity index (χ3v) is 5.54. The van der Waals surface area contributed by atoms with Crippen molar-refractivity contribution in [2.24, 2.45) is 0 Å². The van der Waals surface area contributed by atoms with E-state index in [2.05, 4.69) is 20.2 Å². The molecule has 1 saturated heterocycles. The van der Waals surface area contributed by atoms with Crippen LogP contribution in [0.25, 0.3) is 0 Å². The number of ether oxygens (including phenoxy) is 1. The number of nitrogens with one attached hydrogen (secondary N) is 1. The molecule has 2 amide bonds. The van der Waals surface area contributed by atoms with E-state index in [1.807, 2.05) is 54.6 Å². The summed E-state index contributed by atoms with van der Waals surface area (Å²) in [7, 11) is 1.72. The van der Waals surface area contributed by atoms with Crippen LogP contribution in [0.1, 0.15) is 17.7 Å². The molecule has 2 heterocycles. The largest absolute Gasteiger partial charge is 0.457 e. The van der Waals surface area contributed by atoms with Crippen molar-refractivity contribution < 1.29 is 14.3 Å². The second-order valence-electron chi connectivity index (χ2n) is 7.99. The molecule has 1 aromatic heterocycles. The van der Waals surface area contributed by atoms with Gasteiger partial charge in [0.25, 0.3) is 0 Å². The molecule has 1 N–H and O–H groups in total. The molecule has 0 saturated carbocycles. The van der Waals surface area contributed by atoms with Crippen LogP contribution in [0.4, 0.5) is 0 Å². The molecule has 1 fully saturated rings. The molecule has 1 aliphatic rings. The van der Waals surface area contributed by atoms with Crippen molar-refractivity contribution in [2.45, 2.75) is 25.6 Å². The van der Waals surface area contributed by atoms with E-state index in [0.29, 0.717) is 26.2 Å². The highest BCUT2D eigenvalue weighted by Gasteiger charge is 2.32. The molecule has 170 valence electrons. The lowest BCUT2D eigenvalue weighted by Gasteiger charge is -2.35. The summed E-state index contributed by atoms with van der Waals surface area (Å²) in [4.78, 5) is 37.2. The first kappa shape index (κ1) is 22.4. The molecular weight excluding hydrogens is 418 g/mol. The first-order chi connectivity index (χ1) is 16.1. The Morgan fingerprint density at radius 3 is 2.76 bits per heavy atom. The van der Waals surface area contributed by atoms with Crippen molar-refractivity contribution in [3.63, 3.8) is 0 Å². The lowest BCUT2D eigenvalue weighted by molar-refractivity contribution is -0.138. The Kier molecular flexibility index (Phi) is 7.26. The zero-order valence-electron chi connectivity index (χ0n) is 18.6. The fraction of sp³-hybridized carbons (Fsp3) is 0.280. The third kappa shape index (κ3) is 6.14. The van der Waals surface area contributed by atoms with Gasteiger partial charge in [0.05, 0.1) is 24.7 Å². The predicted octanol–water partition coefficient (Wildman–Crippen LogP) is 2.62. The minimum atomic E-state index is -0.530. The number of benzene rings is 2. The maximum absolute atomic E-state index is 12.9. The Labute approximate surface area is 193 Å². The van der Waals surface area contributed by atoms with Crippen LogP contribution in [-0.4, -0.2) is 57.8 Å². The molecule has 1 aliphatic heterocycles. The summed E-state index contributed by atoms with van der Waals surface area (Å²) < 4.78 is 5.94. The zero-order valence-corrected chi connectivity index (χ0v) is 18.6. The summed E-state index contributed by atoms with van der Waals surface area (Å²) in [5, 5.41) is 2.89. The van der Waals surface area contributed by atoms with E-state index >= 15 is 0 Å². The van der Waals surface area contributed by atoms with Crippen molar-refractivity contribution in [2.75, 3.05) is 20.1 Å². The van der Waals surface area contributed by atoms with Gasteiger partial charge in [-0.25, -0.2) is 9.97 Å². The number of carbonyl (C=O) groups is 2. The predicted molar refractivity (Wildman–Crippen MR) is 123 cm³/mol. The SMILES string of the molecule is CN(Cc1ccncn1)C(=O)C[C@H]1C(=O)NCCN1Cc1cccc(Oc2ccccc2)c1. The van der Waals surface area contributed by atoms with Crippen molar-refractivity contribution in [1.82, 2.24) is 25.1 Å². The number of aromatic nitrogens is 2. The molecular formula is C25H27N5O3. The van der Waals surface area contributed by atoms with E-state index in [1.165, 1.54) is 6.33 Å². The van der Waals surface area contributed by atoms with Gasteiger partial charge in [-0.3, -0.25) is 14.5 Å².